The number of halogens is 1. The maximum atomic E-state index is 6.33. The summed E-state index contributed by atoms with van der Waals surface area (Å²) in [7, 11) is 0. The first-order valence-electron chi connectivity index (χ1n) is 4.62. The third kappa shape index (κ3) is 0.722. The molecule has 0 heterocycles. The van der Waals surface area contributed by atoms with E-state index in [1.807, 2.05) is 0 Å². The van der Waals surface area contributed by atoms with E-state index in [4.69, 9.17) is 11.6 Å². The fraction of sp³-hybridized carbons (Fsp3) is 1.00. The van der Waals surface area contributed by atoms with Crippen LogP contribution in [-0.2, 0) is 0 Å². The van der Waals surface area contributed by atoms with Crippen LogP contribution in [0.5, 0.6) is 0 Å². The average Bonchev–Trinajstić information content (AvgIpc) is 2.20. The van der Waals surface area contributed by atoms with Crippen LogP contribution < -0.4 is 0 Å². The first-order chi connectivity index (χ1) is 4.98. The molecular formula is C10H17Cl. The van der Waals surface area contributed by atoms with Gasteiger partial charge in [0.05, 0.1) is 0 Å². The summed E-state index contributed by atoms with van der Waals surface area (Å²) in [5, 5.41) is 0.441. The molecule has 0 nitrogen and oxygen atoms in total. The molecule has 0 radical (unpaired) electrons. The van der Waals surface area contributed by atoms with Crippen LogP contribution in [0.25, 0.3) is 0 Å². The van der Waals surface area contributed by atoms with Crippen molar-refractivity contribution in [1.29, 1.82) is 0 Å². The number of rotatable bonds is 0. The van der Waals surface area contributed by atoms with Crippen molar-refractivity contribution in [1.82, 2.24) is 0 Å². The minimum absolute atomic E-state index is 0.430. The molecule has 0 amide bonds. The number of fused-ring (bicyclic) bond motifs is 2. The van der Waals surface area contributed by atoms with Gasteiger partial charge in [-0.2, -0.15) is 0 Å². The lowest BCUT2D eigenvalue weighted by atomic mass is 9.71. The van der Waals surface area contributed by atoms with Crippen molar-refractivity contribution in [2.24, 2.45) is 16.7 Å². The van der Waals surface area contributed by atoms with Crippen LogP contribution in [0.4, 0.5) is 0 Å². The van der Waals surface area contributed by atoms with Crippen LogP contribution in [0, 0.1) is 16.7 Å². The van der Waals surface area contributed by atoms with Gasteiger partial charge in [0.25, 0.3) is 0 Å². The van der Waals surface area contributed by atoms with Crippen molar-refractivity contribution in [3.8, 4) is 0 Å². The summed E-state index contributed by atoms with van der Waals surface area (Å²) in [5.41, 5.74) is 0.929. The highest BCUT2D eigenvalue weighted by Gasteiger charge is 2.60. The molecule has 2 rings (SSSR count). The molecule has 0 aliphatic heterocycles. The van der Waals surface area contributed by atoms with Crippen LogP contribution in [0.3, 0.4) is 0 Å². The van der Waals surface area contributed by atoms with E-state index in [2.05, 4.69) is 20.8 Å². The highest BCUT2D eigenvalue weighted by atomic mass is 35.5. The molecule has 2 bridgehead atoms. The Hall–Kier alpha value is 0.290. The summed E-state index contributed by atoms with van der Waals surface area (Å²) in [6.07, 6.45) is 4.01. The Morgan fingerprint density at radius 3 is 2.09 bits per heavy atom. The fourth-order valence-electron chi connectivity index (χ4n) is 3.11. The van der Waals surface area contributed by atoms with E-state index in [-0.39, 0.29) is 0 Å². The molecule has 0 N–H and O–H groups in total. The Morgan fingerprint density at radius 1 is 1.27 bits per heavy atom. The summed E-state index contributed by atoms with van der Waals surface area (Å²) < 4.78 is 0. The van der Waals surface area contributed by atoms with Crippen LogP contribution in [0.2, 0.25) is 0 Å². The third-order valence-electron chi connectivity index (χ3n) is 4.69. The molecule has 0 spiro atoms. The summed E-state index contributed by atoms with van der Waals surface area (Å²) >= 11 is 6.33. The van der Waals surface area contributed by atoms with E-state index < -0.39 is 0 Å². The smallest absolute Gasteiger partial charge is 0.0397 e. The predicted molar refractivity (Wildman–Crippen MR) is 48.9 cm³/mol. The fourth-order valence-corrected chi connectivity index (χ4v) is 3.71. The topological polar surface area (TPSA) is 0 Å². The number of alkyl halides is 1. The lowest BCUT2D eigenvalue weighted by Gasteiger charge is -2.36. The molecule has 11 heavy (non-hydrogen) atoms. The highest BCUT2D eigenvalue weighted by molar-refractivity contribution is 6.21. The minimum atomic E-state index is 0.430. The quantitative estimate of drug-likeness (QED) is 0.491. The zero-order chi connectivity index (χ0) is 8.28. The largest absolute Gasteiger partial charge is 0.122 e. The van der Waals surface area contributed by atoms with Gasteiger partial charge in [0.1, 0.15) is 0 Å². The molecule has 1 heteroatoms. The Bertz CT molecular complexity index is 185. The van der Waals surface area contributed by atoms with Crippen molar-refractivity contribution in [2.45, 2.75) is 45.4 Å². The molecule has 2 aliphatic rings. The molecule has 2 aliphatic carbocycles. The zero-order valence-electron chi connectivity index (χ0n) is 7.65. The van der Waals surface area contributed by atoms with Crippen molar-refractivity contribution in [2.75, 3.05) is 0 Å². The minimum Gasteiger partial charge on any atom is -0.122 e. The molecule has 64 valence electrons. The SMILES string of the molecule is CC1(C)C2CCC1(C)C(Cl)C2. The molecule has 2 saturated carbocycles. The normalized spacial score (nSPS) is 53.5. The average molecular weight is 173 g/mol. The van der Waals surface area contributed by atoms with E-state index in [1.165, 1.54) is 19.3 Å². The molecule has 0 saturated heterocycles. The molecule has 3 atom stereocenters. The second-order valence-electron chi connectivity index (χ2n) is 5.08. The van der Waals surface area contributed by atoms with Crippen molar-refractivity contribution in [3.63, 3.8) is 0 Å². The van der Waals surface area contributed by atoms with Crippen molar-refractivity contribution < 1.29 is 0 Å². The third-order valence-corrected chi connectivity index (χ3v) is 5.35. The van der Waals surface area contributed by atoms with E-state index in [0.717, 1.165) is 5.92 Å². The van der Waals surface area contributed by atoms with Crippen molar-refractivity contribution in [3.05, 3.63) is 0 Å². The van der Waals surface area contributed by atoms with Gasteiger partial charge in [-0.1, -0.05) is 20.8 Å². The highest BCUT2D eigenvalue weighted by Crippen LogP contribution is 2.66. The molecular weight excluding hydrogens is 156 g/mol. The Balaban J connectivity index is 2.40. The van der Waals surface area contributed by atoms with Crippen LogP contribution >= 0.6 is 11.6 Å². The van der Waals surface area contributed by atoms with Gasteiger partial charge in [-0.15, -0.1) is 11.6 Å². The second kappa shape index (κ2) is 1.96. The lowest BCUT2D eigenvalue weighted by molar-refractivity contribution is 0.155. The summed E-state index contributed by atoms with van der Waals surface area (Å²) in [4.78, 5) is 0. The Labute approximate surface area is 74.3 Å². The van der Waals surface area contributed by atoms with Gasteiger partial charge in [-0.05, 0) is 36.0 Å². The van der Waals surface area contributed by atoms with Gasteiger partial charge in [0.15, 0.2) is 0 Å². The molecule has 0 aromatic carbocycles. The molecule has 0 aromatic heterocycles. The first-order valence-corrected chi connectivity index (χ1v) is 5.06. The lowest BCUT2D eigenvalue weighted by Crippen LogP contribution is -2.32. The maximum absolute atomic E-state index is 6.33. The maximum Gasteiger partial charge on any atom is 0.0397 e. The van der Waals surface area contributed by atoms with E-state index in [1.54, 1.807) is 0 Å². The first kappa shape index (κ1) is 7.91. The predicted octanol–water partition coefficient (Wildman–Crippen LogP) is 3.44. The van der Waals surface area contributed by atoms with Gasteiger partial charge in [0, 0.05) is 5.38 Å². The Kier molecular flexibility index (Phi) is 1.41. The van der Waals surface area contributed by atoms with E-state index >= 15 is 0 Å². The zero-order valence-corrected chi connectivity index (χ0v) is 8.41. The van der Waals surface area contributed by atoms with Crippen LogP contribution in [0.15, 0.2) is 0 Å². The molecule has 3 unspecified atom stereocenters. The summed E-state index contributed by atoms with van der Waals surface area (Å²) in [6, 6.07) is 0. The summed E-state index contributed by atoms with van der Waals surface area (Å²) in [6.45, 7) is 7.16. The van der Waals surface area contributed by atoms with Gasteiger partial charge in [-0.25, -0.2) is 0 Å². The molecule has 2 fully saturated rings. The van der Waals surface area contributed by atoms with Crippen LogP contribution in [0.1, 0.15) is 40.0 Å². The van der Waals surface area contributed by atoms with Gasteiger partial charge >= 0.3 is 0 Å². The van der Waals surface area contributed by atoms with E-state index in [0.29, 0.717) is 16.2 Å². The Morgan fingerprint density at radius 2 is 1.91 bits per heavy atom. The standard InChI is InChI=1S/C10H17Cl/c1-9(2)7-4-5-10(9,3)8(11)6-7/h7-8H,4-6H2,1-3H3. The summed E-state index contributed by atoms with van der Waals surface area (Å²) in [5.74, 6) is 0.898. The second-order valence-corrected chi connectivity index (χ2v) is 5.60. The van der Waals surface area contributed by atoms with Gasteiger partial charge < -0.3 is 0 Å². The van der Waals surface area contributed by atoms with E-state index in [9.17, 15) is 0 Å². The van der Waals surface area contributed by atoms with Crippen molar-refractivity contribution >= 4 is 11.6 Å². The van der Waals surface area contributed by atoms with Crippen LogP contribution in [-0.4, -0.2) is 5.38 Å². The van der Waals surface area contributed by atoms with Gasteiger partial charge in [0.2, 0.25) is 0 Å². The molecule has 0 aromatic rings. The number of hydrogen-bond donors (Lipinski definition) is 0. The monoisotopic (exact) mass is 172 g/mol. The van der Waals surface area contributed by atoms with Gasteiger partial charge in [-0.3, -0.25) is 0 Å². The number of hydrogen-bond acceptors (Lipinski definition) is 0.